The number of fused-ring (bicyclic) bond motifs is 1. The Balaban J connectivity index is 1.88. The molecule has 1 saturated heterocycles. The van der Waals surface area contributed by atoms with Gasteiger partial charge in [-0.25, -0.2) is 0 Å². The molecule has 2 unspecified atom stereocenters. The van der Waals surface area contributed by atoms with Crippen molar-refractivity contribution in [3.05, 3.63) is 34.3 Å². The summed E-state index contributed by atoms with van der Waals surface area (Å²) < 4.78 is 0. The van der Waals surface area contributed by atoms with Crippen molar-refractivity contribution in [2.24, 2.45) is 0 Å². The predicted molar refractivity (Wildman–Crippen MR) is 71.8 cm³/mol. The van der Waals surface area contributed by atoms with Crippen LogP contribution in [-0.2, 0) is 6.42 Å². The molecule has 0 saturated carbocycles. The minimum atomic E-state index is 0.587. The molecule has 2 nitrogen and oxygen atoms in total. The van der Waals surface area contributed by atoms with Gasteiger partial charge in [0.1, 0.15) is 0 Å². The first-order valence-electron chi connectivity index (χ1n) is 6.57. The third kappa shape index (κ3) is 2.35. The fourth-order valence-electron chi connectivity index (χ4n) is 3.20. The van der Waals surface area contributed by atoms with E-state index in [9.17, 15) is 0 Å². The van der Waals surface area contributed by atoms with Gasteiger partial charge in [0.15, 0.2) is 0 Å². The van der Waals surface area contributed by atoms with Crippen LogP contribution >= 0.6 is 11.6 Å². The summed E-state index contributed by atoms with van der Waals surface area (Å²) in [7, 11) is 0. The molecule has 3 rings (SSSR count). The molecule has 1 aliphatic carbocycles. The van der Waals surface area contributed by atoms with E-state index in [1.807, 2.05) is 6.07 Å². The van der Waals surface area contributed by atoms with Crippen LogP contribution in [0.25, 0.3) is 0 Å². The van der Waals surface area contributed by atoms with E-state index in [1.165, 1.54) is 30.4 Å². The molecular formula is C14H19ClN2. The third-order valence-corrected chi connectivity index (χ3v) is 4.26. The molecule has 92 valence electrons. The van der Waals surface area contributed by atoms with Crippen LogP contribution in [0.1, 0.15) is 29.9 Å². The zero-order chi connectivity index (χ0) is 11.7. The van der Waals surface area contributed by atoms with Gasteiger partial charge in [0.05, 0.1) is 0 Å². The van der Waals surface area contributed by atoms with Crippen LogP contribution in [-0.4, -0.2) is 25.7 Å². The molecular weight excluding hydrogens is 232 g/mol. The zero-order valence-corrected chi connectivity index (χ0v) is 10.8. The molecule has 0 spiro atoms. The predicted octanol–water partition coefficient (Wildman–Crippen LogP) is 2.32. The minimum absolute atomic E-state index is 0.587. The van der Waals surface area contributed by atoms with Gasteiger partial charge in [-0.15, -0.1) is 0 Å². The maximum Gasteiger partial charge on any atom is 0.0408 e. The molecule has 0 amide bonds. The summed E-state index contributed by atoms with van der Waals surface area (Å²) in [6.07, 6.45) is 3.77. The van der Waals surface area contributed by atoms with E-state index in [-0.39, 0.29) is 0 Å². The van der Waals surface area contributed by atoms with E-state index in [4.69, 9.17) is 11.6 Å². The monoisotopic (exact) mass is 250 g/mol. The van der Waals surface area contributed by atoms with Gasteiger partial charge >= 0.3 is 0 Å². The van der Waals surface area contributed by atoms with Crippen LogP contribution in [0, 0.1) is 0 Å². The Hall–Kier alpha value is -0.570. The topological polar surface area (TPSA) is 24.1 Å². The molecule has 1 aromatic carbocycles. The van der Waals surface area contributed by atoms with Crippen LogP contribution in [0.2, 0.25) is 5.02 Å². The zero-order valence-electron chi connectivity index (χ0n) is 10.0. The first kappa shape index (κ1) is 11.5. The van der Waals surface area contributed by atoms with Crippen molar-refractivity contribution < 1.29 is 0 Å². The fraction of sp³-hybridized carbons (Fsp3) is 0.571. The van der Waals surface area contributed by atoms with Gasteiger partial charge in [0, 0.05) is 36.6 Å². The first-order valence-corrected chi connectivity index (χ1v) is 6.95. The Morgan fingerprint density at radius 3 is 3.00 bits per heavy atom. The largest absolute Gasteiger partial charge is 0.314 e. The molecule has 0 bridgehead atoms. The maximum atomic E-state index is 6.08. The lowest BCUT2D eigenvalue weighted by Crippen LogP contribution is -2.51. The van der Waals surface area contributed by atoms with Gasteiger partial charge in [-0.05, 0) is 42.5 Å². The Morgan fingerprint density at radius 2 is 2.18 bits per heavy atom. The highest BCUT2D eigenvalue weighted by Crippen LogP contribution is 2.35. The van der Waals surface area contributed by atoms with Crippen molar-refractivity contribution in [1.82, 2.24) is 10.6 Å². The van der Waals surface area contributed by atoms with Crippen LogP contribution in [0.15, 0.2) is 18.2 Å². The second-order valence-electron chi connectivity index (χ2n) is 5.11. The van der Waals surface area contributed by atoms with E-state index >= 15 is 0 Å². The third-order valence-electron chi connectivity index (χ3n) is 4.02. The SMILES string of the molecule is Clc1ccc2c(c1)CCCC2C1CNCCN1. The lowest BCUT2D eigenvalue weighted by Gasteiger charge is -2.35. The Labute approximate surface area is 108 Å². The Kier molecular flexibility index (Phi) is 3.37. The van der Waals surface area contributed by atoms with Crippen molar-refractivity contribution in [3.8, 4) is 0 Å². The average molecular weight is 251 g/mol. The van der Waals surface area contributed by atoms with Crippen LogP contribution < -0.4 is 10.6 Å². The van der Waals surface area contributed by atoms with Crippen molar-refractivity contribution in [2.75, 3.05) is 19.6 Å². The number of aryl methyl sites for hydroxylation is 1. The van der Waals surface area contributed by atoms with Crippen molar-refractivity contribution >= 4 is 11.6 Å². The van der Waals surface area contributed by atoms with Crippen LogP contribution in [0.5, 0.6) is 0 Å². The number of hydrogen-bond donors (Lipinski definition) is 2. The molecule has 1 fully saturated rings. The quantitative estimate of drug-likeness (QED) is 0.800. The summed E-state index contributed by atoms with van der Waals surface area (Å²) in [6, 6.07) is 7.01. The summed E-state index contributed by atoms with van der Waals surface area (Å²) in [5, 5.41) is 8.01. The summed E-state index contributed by atoms with van der Waals surface area (Å²) in [5.41, 5.74) is 2.97. The van der Waals surface area contributed by atoms with E-state index in [2.05, 4.69) is 22.8 Å². The molecule has 17 heavy (non-hydrogen) atoms. The van der Waals surface area contributed by atoms with Crippen LogP contribution in [0.4, 0.5) is 0 Å². The van der Waals surface area contributed by atoms with E-state index in [1.54, 1.807) is 0 Å². The van der Waals surface area contributed by atoms with Gasteiger partial charge in [0.2, 0.25) is 0 Å². The number of benzene rings is 1. The van der Waals surface area contributed by atoms with Crippen molar-refractivity contribution in [2.45, 2.75) is 31.2 Å². The molecule has 2 N–H and O–H groups in total. The molecule has 1 aliphatic heterocycles. The number of nitrogens with one attached hydrogen (secondary N) is 2. The number of halogens is 1. The summed E-state index contributed by atoms with van der Waals surface area (Å²) in [4.78, 5) is 0. The first-order chi connectivity index (χ1) is 8.34. The molecule has 1 heterocycles. The minimum Gasteiger partial charge on any atom is -0.314 e. The molecule has 1 aromatic rings. The number of hydrogen-bond acceptors (Lipinski definition) is 2. The van der Waals surface area contributed by atoms with Gasteiger partial charge in [-0.2, -0.15) is 0 Å². The standard InChI is InChI=1S/C14H19ClN2/c15-11-4-5-12-10(8-11)2-1-3-13(12)14-9-16-6-7-17-14/h4-5,8,13-14,16-17H,1-3,6-7,9H2. The summed E-state index contributed by atoms with van der Waals surface area (Å²) >= 11 is 6.08. The van der Waals surface area contributed by atoms with Crippen molar-refractivity contribution in [3.63, 3.8) is 0 Å². The molecule has 3 heteroatoms. The highest BCUT2D eigenvalue weighted by Gasteiger charge is 2.28. The van der Waals surface area contributed by atoms with Crippen LogP contribution in [0.3, 0.4) is 0 Å². The molecule has 2 atom stereocenters. The van der Waals surface area contributed by atoms with E-state index < -0.39 is 0 Å². The van der Waals surface area contributed by atoms with E-state index in [0.717, 1.165) is 24.7 Å². The number of rotatable bonds is 1. The average Bonchev–Trinajstić information content (AvgIpc) is 2.39. The van der Waals surface area contributed by atoms with E-state index in [0.29, 0.717) is 12.0 Å². The Morgan fingerprint density at radius 1 is 1.24 bits per heavy atom. The summed E-state index contributed by atoms with van der Waals surface area (Å²) in [6.45, 7) is 3.27. The smallest absolute Gasteiger partial charge is 0.0408 e. The lowest BCUT2D eigenvalue weighted by atomic mass is 9.78. The second kappa shape index (κ2) is 4.97. The van der Waals surface area contributed by atoms with Gasteiger partial charge in [-0.1, -0.05) is 17.7 Å². The number of piperazine rings is 1. The van der Waals surface area contributed by atoms with Crippen molar-refractivity contribution in [1.29, 1.82) is 0 Å². The summed E-state index contributed by atoms with van der Waals surface area (Å²) in [5.74, 6) is 0.656. The lowest BCUT2D eigenvalue weighted by molar-refractivity contribution is 0.341. The second-order valence-corrected chi connectivity index (χ2v) is 5.54. The molecule has 0 radical (unpaired) electrons. The van der Waals surface area contributed by atoms with Gasteiger partial charge in [-0.3, -0.25) is 0 Å². The Bertz CT molecular complexity index is 399. The molecule has 2 aliphatic rings. The maximum absolute atomic E-state index is 6.08. The van der Waals surface area contributed by atoms with Gasteiger partial charge in [0.25, 0.3) is 0 Å². The molecule has 0 aromatic heterocycles. The highest BCUT2D eigenvalue weighted by atomic mass is 35.5. The fourth-order valence-corrected chi connectivity index (χ4v) is 3.39. The normalized spacial score (nSPS) is 28.8. The van der Waals surface area contributed by atoms with Gasteiger partial charge < -0.3 is 10.6 Å². The highest BCUT2D eigenvalue weighted by molar-refractivity contribution is 6.30.